The minimum absolute atomic E-state index is 0.447. The molecule has 0 atom stereocenters. The van der Waals surface area contributed by atoms with Gasteiger partial charge in [0.15, 0.2) is 0 Å². The second-order valence-electron chi connectivity index (χ2n) is 4.49. The molecule has 0 saturated heterocycles. The fourth-order valence-corrected chi connectivity index (χ4v) is 2.35. The second kappa shape index (κ2) is 4.12. The Hall–Kier alpha value is -1.57. The average Bonchev–Trinajstić information content (AvgIpc) is 2.27. The topological polar surface area (TPSA) is 37.3 Å². The first-order valence-electron chi connectivity index (χ1n) is 5.67. The number of carbonyl (C=O) groups is 1. The molecule has 2 heteroatoms. The van der Waals surface area contributed by atoms with Gasteiger partial charge in [0.05, 0.1) is 5.57 Å². The van der Waals surface area contributed by atoms with Gasteiger partial charge >= 0.3 is 5.97 Å². The van der Waals surface area contributed by atoms with E-state index in [2.05, 4.69) is 19.9 Å². The first kappa shape index (κ1) is 10.9. The van der Waals surface area contributed by atoms with E-state index in [-0.39, 0.29) is 0 Å². The van der Waals surface area contributed by atoms with Gasteiger partial charge in [-0.3, -0.25) is 0 Å². The highest BCUT2D eigenvalue weighted by Gasteiger charge is 2.20. The summed E-state index contributed by atoms with van der Waals surface area (Å²) in [5.41, 5.74) is 3.87. The predicted molar refractivity (Wildman–Crippen MR) is 64.5 cm³/mol. The zero-order valence-electron chi connectivity index (χ0n) is 9.66. The molecule has 1 aromatic rings. The molecule has 0 aromatic heterocycles. The number of carboxylic acids is 1. The van der Waals surface area contributed by atoms with Crippen molar-refractivity contribution in [2.75, 3.05) is 0 Å². The molecule has 2 nitrogen and oxygen atoms in total. The summed E-state index contributed by atoms with van der Waals surface area (Å²) in [6.07, 6.45) is 3.62. The van der Waals surface area contributed by atoms with Crippen LogP contribution in [-0.2, 0) is 11.2 Å². The third-order valence-corrected chi connectivity index (χ3v) is 3.10. The molecule has 0 bridgehead atoms. The van der Waals surface area contributed by atoms with Gasteiger partial charge in [0.2, 0.25) is 0 Å². The molecule has 1 aliphatic rings. The van der Waals surface area contributed by atoms with Crippen molar-refractivity contribution < 1.29 is 9.90 Å². The summed E-state index contributed by atoms with van der Waals surface area (Å²) < 4.78 is 0. The summed E-state index contributed by atoms with van der Waals surface area (Å²) in [6.45, 7) is 4.29. The van der Waals surface area contributed by atoms with Gasteiger partial charge in [0.25, 0.3) is 0 Å². The minimum atomic E-state index is -0.818. The number of hydrogen-bond donors (Lipinski definition) is 1. The molecule has 84 valence electrons. The van der Waals surface area contributed by atoms with Crippen LogP contribution in [0.15, 0.2) is 24.3 Å². The maximum atomic E-state index is 11.1. The van der Waals surface area contributed by atoms with Gasteiger partial charge in [-0.1, -0.05) is 38.1 Å². The van der Waals surface area contributed by atoms with Crippen molar-refractivity contribution in [2.24, 2.45) is 0 Å². The highest BCUT2D eigenvalue weighted by molar-refractivity contribution is 6.16. The van der Waals surface area contributed by atoms with Gasteiger partial charge in [-0.2, -0.15) is 0 Å². The Labute approximate surface area is 95.6 Å². The van der Waals surface area contributed by atoms with Crippen molar-refractivity contribution in [3.05, 3.63) is 41.0 Å². The monoisotopic (exact) mass is 216 g/mol. The predicted octanol–water partition coefficient (Wildman–Crippen LogP) is 3.22. The summed E-state index contributed by atoms with van der Waals surface area (Å²) in [5.74, 6) is -0.370. The molecule has 1 aliphatic carbocycles. The summed E-state index contributed by atoms with van der Waals surface area (Å²) in [7, 11) is 0. The Morgan fingerprint density at radius 3 is 2.75 bits per heavy atom. The Bertz CT molecular complexity index is 456. The lowest BCUT2D eigenvalue weighted by Crippen LogP contribution is -2.10. The van der Waals surface area contributed by atoms with Crippen LogP contribution in [0.25, 0.3) is 5.57 Å². The van der Waals surface area contributed by atoms with Crippen LogP contribution >= 0.6 is 0 Å². The lowest BCUT2D eigenvalue weighted by atomic mass is 9.84. The van der Waals surface area contributed by atoms with Crippen molar-refractivity contribution in [3.63, 3.8) is 0 Å². The molecule has 0 unspecified atom stereocenters. The Kier molecular flexibility index (Phi) is 2.82. The molecule has 0 heterocycles. The van der Waals surface area contributed by atoms with Gasteiger partial charge in [-0.25, -0.2) is 4.79 Å². The van der Waals surface area contributed by atoms with Crippen molar-refractivity contribution in [3.8, 4) is 0 Å². The fourth-order valence-electron chi connectivity index (χ4n) is 2.35. The zero-order valence-corrected chi connectivity index (χ0v) is 9.66. The van der Waals surface area contributed by atoms with Gasteiger partial charge in [0.1, 0.15) is 0 Å². The SMILES string of the molecule is CC(C)c1cccc2c1CCC=C2C(=O)O. The lowest BCUT2D eigenvalue weighted by Gasteiger charge is -2.20. The van der Waals surface area contributed by atoms with Gasteiger partial charge < -0.3 is 5.11 Å². The molecule has 0 spiro atoms. The molecule has 0 aliphatic heterocycles. The summed E-state index contributed by atoms with van der Waals surface area (Å²) in [4.78, 5) is 11.1. The number of rotatable bonds is 2. The van der Waals surface area contributed by atoms with E-state index in [1.54, 1.807) is 0 Å². The summed E-state index contributed by atoms with van der Waals surface area (Å²) in [5, 5.41) is 9.15. The third kappa shape index (κ3) is 1.75. The Balaban J connectivity index is 2.58. The minimum Gasteiger partial charge on any atom is -0.478 e. The molecular formula is C14H16O2. The van der Waals surface area contributed by atoms with Crippen LogP contribution in [-0.4, -0.2) is 11.1 Å². The van der Waals surface area contributed by atoms with Crippen molar-refractivity contribution in [2.45, 2.75) is 32.6 Å². The standard InChI is InChI=1S/C14H16O2/c1-9(2)10-5-3-7-12-11(10)6-4-8-13(12)14(15)16/h3,5,7-9H,4,6H2,1-2H3,(H,15,16). The van der Waals surface area contributed by atoms with E-state index in [9.17, 15) is 4.79 Å². The van der Waals surface area contributed by atoms with E-state index >= 15 is 0 Å². The summed E-state index contributed by atoms with van der Waals surface area (Å²) >= 11 is 0. The molecule has 1 aromatic carbocycles. The zero-order chi connectivity index (χ0) is 11.7. The number of aliphatic carboxylic acids is 1. The Morgan fingerprint density at radius 1 is 1.38 bits per heavy atom. The number of hydrogen-bond acceptors (Lipinski definition) is 1. The molecule has 0 radical (unpaired) electrons. The molecule has 0 amide bonds. The molecule has 16 heavy (non-hydrogen) atoms. The van der Waals surface area contributed by atoms with Crippen LogP contribution in [0.3, 0.4) is 0 Å². The van der Waals surface area contributed by atoms with Crippen molar-refractivity contribution in [1.29, 1.82) is 0 Å². The largest absolute Gasteiger partial charge is 0.478 e. The summed E-state index contributed by atoms with van der Waals surface area (Å²) in [6, 6.07) is 5.98. The highest BCUT2D eigenvalue weighted by atomic mass is 16.4. The molecule has 0 fully saturated rings. The van der Waals surface area contributed by atoms with E-state index < -0.39 is 5.97 Å². The third-order valence-electron chi connectivity index (χ3n) is 3.10. The first-order valence-corrected chi connectivity index (χ1v) is 5.67. The molecule has 1 N–H and O–H groups in total. The number of benzene rings is 1. The van der Waals surface area contributed by atoms with Gasteiger partial charge in [-0.05, 0) is 35.4 Å². The van der Waals surface area contributed by atoms with Crippen LogP contribution < -0.4 is 0 Å². The van der Waals surface area contributed by atoms with E-state index in [1.165, 1.54) is 11.1 Å². The molecule has 2 rings (SSSR count). The maximum absolute atomic E-state index is 11.1. The van der Waals surface area contributed by atoms with Crippen LogP contribution in [0, 0.1) is 0 Å². The average molecular weight is 216 g/mol. The fraction of sp³-hybridized carbons (Fsp3) is 0.357. The van der Waals surface area contributed by atoms with Crippen LogP contribution in [0.1, 0.15) is 42.9 Å². The quantitative estimate of drug-likeness (QED) is 0.824. The number of fused-ring (bicyclic) bond motifs is 1. The number of carboxylic acid groups (broad SMARTS) is 1. The smallest absolute Gasteiger partial charge is 0.335 e. The van der Waals surface area contributed by atoms with Gasteiger partial charge in [0, 0.05) is 0 Å². The van der Waals surface area contributed by atoms with Gasteiger partial charge in [-0.15, -0.1) is 0 Å². The first-order chi connectivity index (χ1) is 7.61. The lowest BCUT2D eigenvalue weighted by molar-refractivity contribution is -0.130. The van der Waals surface area contributed by atoms with E-state index in [0.29, 0.717) is 11.5 Å². The van der Waals surface area contributed by atoms with Crippen LogP contribution in [0.2, 0.25) is 0 Å². The molecule has 0 saturated carbocycles. The normalized spacial score (nSPS) is 14.6. The maximum Gasteiger partial charge on any atom is 0.335 e. The van der Waals surface area contributed by atoms with E-state index in [0.717, 1.165) is 18.4 Å². The highest BCUT2D eigenvalue weighted by Crippen LogP contribution is 2.32. The Morgan fingerprint density at radius 2 is 2.12 bits per heavy atom. The molecular weight excluding hydrogens is 200 g/mol. The van der Waals surface area contributed by atoms with E-state index in [1.807, 2.05) is 18.2 Å². The van der Waals surface area contributed by atoms with Crippen LogP contribution in [0.4, 0.5) is 0 Å². The number of allylic oxidation sites excluding steroid dienone is 1. The van der Waals surface area contributed by atoms with E-state index in [4.69, 9.17) is 5.11 Å². The second-order valence-corrected chi connectivity index (χ2v) is 4.49. The van der Waals surface area contributed by atoms with Crippen LogP contribution in [0.5, 0.6) is 0 Å². The van der Waals surface area contributed by atoms with Crippen molar-refractivity contribution in [1.82, 2.24) is 0 Å². The van der Waals surface area contributed by atoms with Crippen molar-refractivity contribution >= 4 is 11.5 Å².